The normalized spacial score (nSPS) is 10.1. The molecule has 0 aliphatic heterocycles. The van der Waals surface area contributed by atoms with Crippen LogP contribution < -0.4 is 4.74 Å². The van der Waals surface area contributed by atoms with Crippen LogP contribution >= 0.6 is 0 Å². The topological polar surface area (TPSA) is 66.8 Å². The predicted molar refractivity (Wildman–Crippen MR) is 75.8 cm³/mol. The second-order valence-corrected chi connectivity index (χ2v) is 4.63. The number of ether oxygens (including phenoxy) is 1. The molecule has 0 atom stereocenters. The smallest absolute Gasteiger partial charge is 0.305 e. The van der Waals surface area contributed by atoms with Crippen molar-refractivity contribution in [3.8, 4) is 5.75 Å². The first-order valence-corrected chi connectivity index (χ1v) is 6.70. The van der Waals surface area contributed by atoms with Crippen LogP contribution in [0, 0.1) is 0 Å². The van der Waals surface area contributed by atoms with Gasteiger partial charge in [0.2, 0.25) is 5.91 Å². The molecule has 0 heterocycles. The summed E-state index contributed by atoms with van der Waals surface area (Å²) in [6, 6.07) is 7.42. The largest absolute Gasteiger partial charge is 0.494 e. The van der Waals surface area contributed by atoms with Gasteiger partial charge in [0.05, 0.1) is 19.4 Å². The number of carbonyl (C=O) groups is 2. The van der Waals surface area contributed by atoms with Crippen molar-refractivity contribution in [2.75, 3.05) is 20.2 Å². The number of nitrogens with zero attached hydrogens (tertiary/aromatic N) is 1. The number of aliphatic carboxylic acids is 1. The third-order valence-electron chi connectivity index (χ3n) is 2.81. The Morgan fingerprint density at radius 2 is 2.10 bits per heavy atom. The van der Waals surface area contributed by atoms with Crippen molar-refractivity contribution in [3.05, 3.63) is 29.8 Å². The molecule has 1 aromatic carbocycles. The lowest BCUT2D eigenvalue weighted by atomic mass is 10.1. The van der Waals surface area contributed by atoms with Crippen LogP contribution in [0.1, 0.15) is 25.3 Å². The number of carbonyl (C=O) groups excluding carboxylic acids is 1. The zero-order valence-corrected chi connectivity index (χ0v) is 12.0. The zero-order chi connectivity index (χ0) is 15.0. The Kier molecular flexibility index (Phi) is 6.56. The zero-order valence-electron chi connectivity index (χ0n) is 12.0. The maximum absolute atomic E-state index is 11.9. The van der Waals surface area contributed by atoms with Crippen molar-refractivity contribution >= 4 is 11.9 Å². The van der Waals surface area contributed by atoms with E-state index < -0.39 is 5.97 Å². The molecule has 0 aliphatic carbocycles. The Hall–Kier alpha value is -2.04. The van der Waals surface area contributed by atoms with Gasteiger partial charge in [-0.3, -0.25) is 9.59 Å². The van der Waals surface area contributed by atoms with E-state index in [2.05, 4.69) is 0 Å². The Morgan fingerprint density at radius 3 is 2.75 bits per heavy atom. The van der Waals surface area contributed by atoms with Crippen LogP contribution in [0.15, 0.2) is 24.3 Å². The first kappa shape index (κ1) is 16.0. The van der Waals surface area contributed by atoms with Gasteiger partial charge in [0.15, 0.2) is 0 Å². The van der Waals surface area contributed by atoms with Crippen LogP contribution in [-0.4, -0.2) is 42.1 Å². The molecule has 0 spiro atoms. The fourth-order valence-electron chi connectivity index (χ4n) is 1.66. The van der Waals surface area contributed by atoms with Gasteiger partial charge >= 0.3 is 5.97 Å². The minimum Gasteiger partial charge on any atom is -0.494 e. The summed E-state index contributed by atoms with van der Waals surface area (Å²) in [7, 11) is 1.61. The average Bonchev–Trinajstić information content (AvgIpc) is 2.42. The predicted octanol–water partition coefficient (Wildman–Crippen LogP) is 1.95. The summed E-state index contributed by atoms with van der Waals surface area (Å²) in [5, 5.41) is 8.60. The Bertz CT molecular complexity index is 459. The highest BCUT2D eigenvalue weighted by atomic mass is 16.5. The molecule has 1 N–H and O–H groups in total. The monoisotopic (exact) mass is 279 g/mol. The Balaban J connectivity index is 2.54. The van der Waals surface area contributed by atoms with Crippen molar-refractivity contribution in [1.29, 1.82) is 0 Å². The third kappa shape index (κ3) is 5.73. The quantitative estimate of drug-likeness (QED) is 0.790. The van der Waals surface area contributed by atoms with Gasteiger partial charge in [0.25, 0.3) is 0 Å². The van der Waals surface area contributed by atoms with E-state index in [4.69, 9.17) is 9.84 Å². The van der Waals surface area contributed by atoms with Crippen molar-refractivity contribution in [1.82, 2.24) is 4.90 Å². The summed E-state index contributed by atoms with van der Waals surface area (Å²) in [4.78, 5) is 23.9. The van der Waals surface area contributed by atoms with Crippen LogP contribution in [0.25, 0.3) is 0 Å². The number of hydrogen-bond donors (Lipinski definition) is 1. The first-order valence-electron chi connectivity index (χ1n) is 6.70. The molecule has 0 saturated heterocycles. The van der Waals surface area contributed by atoms with E-state index in [1.54, 1.807) is 7.05 Å². The van der Waals surface area contributed by atoms with Gasteiger partial charge in [-0.2, -0.15) is 0 Å². The molecule has 1 rings (SSSR count). The summed E-state index contributed by atoms with van der Waals surface area (Å²) in [6.07, 6.45) is 1.14. The van der Waals surface area contributed by atoms with Crippen LogP contribution in [-0.2, 0) is 16.0 Å². The number of carboxylic acid groups (broad SMARTS) is 1. The number of hydrogen-bond acceptors (Lipinski definition) is 3. The first-order chi connectivity index (χ1) is 9.52. The molecule has 0 bridgehead atoms. The Morgan fingerprint density at radius 1 is 1.35 bits per heavy atom. The highest BCUT2D eigenvalue weighted by Crippen LogP contribution is 2.14. The van der Waals surface area contributed by atoms with Crippen LogP contribution in [0.2, 0.25) is 0 Å². The van der Waals surface area contributed by atoms with E-state index in [0.717, 1.165) is 17.7 Å². The molecule has 5 heteroatoms. The number of likely N-dealkylation sites (N-methyl/N-ethyl adjacent to an activating group) is 1. The summed E-state index contributed by atoms with van der Waals surface area (Å²) in [5.41, 5.74) is 0.866. The van der Waals surface area contributed by atoms with Gasteiger partial charge in [-0.15, -0.1) is 0 Å². The molecule has 0 unspecified atom stereocenters. The summed E-state index contributed by atoms with van der Waals surface area (Å²) in [5.74, 6) is -0.246. The highest BCUT2D eigenvalue weighted by molar-refractivity contribution is 5.79. The lowest BCUT2D eigenvalue weighted by Crippen LogP contribution is -2.30. The molecule has 0 aliphatic rings. The Labute approximate surface area is 119 Å². The van der Waals surface area contributed by atoms with E-state index in [-0.39, 0.29) is 25.3 Å². The molecule has 5 nitrogen and oxygen atoms in total. The molecule has 0 saturated carbocycles. The molecule has 110 valence electrons. The van der Waals surface area contributed by atoms with E-state index in [1.807, 2.05) is 31.2 Å². The van der Waals surface area contributed by atoms with Gasteiger partial charge in [0, 0.05) is 13.6 Å². The van der Waals surface area contributed by atoms with Crippen molar-refractivity contribution in [2.45, 2.75) is 26.2 Å². The second kappa shape index (κ2) is 8.19. The van der Waals surface area contributed by atoms with Gasteiger partial charge in [0.1, 0.15) is 5.75 Å². The van der Waals surface area contributed by atoms with Crippen LogP contribution in [0.5, 0.6) is 5.75 Å². The maximum atomic E-state index is 11.9. The van der Waals surface area contributed by atoms with Crippen molar-refractivity contribution in [2.24, 2.45) is 0 Å². The second-order valence-electron chi connectivity index (χ2n) is 4.63. The molecular weight excluding hydrogens is 258 g/mol. The molecule has 0 radical (unpaired) electrons. The maximum Gasteiger partial charge on any atom is 0.305 e. The summed E-state index contributed by atoms with van der Waals surface area (Å²) < 4.78 is 5.51. The molecule has 1 amide bonds. The molecule has 0 aromatic heterocycles. The SMILES string of the molecule is CCCOc1cccc(CC(=O)N(C)CCC(=O)O)c1. The van der Waals surface area contributed by atoms with Gasteiger partial charge in [-0.05, 0) is 24.1 Å². The number of carboxylic acids is 1. The summed E-state index contributed by atoms with van der Waals surface area (Å²) >= 11 is 0. The van der Waals surface area contributed by atoms with Gasteiger partial charge < -0.3 is 14.7 Å². The standard InChI is InChI=1S/C15H21NO4/c1-3-9-20-13-6-4-5-12(10-13)11-14(17)16(2)8-7-15(18)19/h4-6,10H,3,7-9,11H2,1-2H3,(H,18,19). The third-order valence-corrected chi connectivity index (χ3v) is 2.81. The average molecular weight is 279 g/mol. The van der Waals surface area contributed by atoms with E-state index in [9.17, 15) is 9.59 Å². The summed E-state index contributed by atoms with van der Waals surface area (Å²) in [6.45, 7) is 2.90. The van der Waals surface area contributed by atoms with E-state index >= 15 is 0 Å². The fourth-order valence-corrected chi connectivity index (χ4v) is 1.66. The van der Waals surface area contributed by atoms with Crippen molar-refractivity contribution < 1.29 is 19.4 Å². The van der Waals surface area contributed by atoms with Gasteiger partial charge in [-0.1, -0.05) is 19.1 Å². The number of rotatable bonds is 8. The van der Waals surface area contributed by atoms with Crippen LogP contribution in [0.4, 0.5) is 0 Å². The number of amides is 1. The lowest BCUT2D eigenvalue weighted by Gasteiger charge is -2.16. The molecular formula is C15H21NO4. The van der Waals surface area contributed by atoms with Gasteiger partial charge in [-0.25, -0.2) is 0 Å². The molecule has 1 aromatic rings. The van der Waals surface area contributed by atoms with Crippen molar-refractivity contribution in [3.63, 3.8) is 0 Å². The van der Waals surface area contributed by atoms with E-state index in [1.165, 1.54) is 4.90 Å². The minimum absolute atomic E-state index is 0.0398. The minimum atomic E-state index is -0.903. The number of benzene rings is 1. The lowest BCUT2D eigenvalue weighted by molar-refractivity contribution is -0.138. The molecule has 0 fully saturated rings. The van der Waals surface area contributed by atoms with Crippen LogP contribution in [0.3, 0.4) is 0 Å². The highest BCUT2D eigenvalue weighted by Gasteiger charge is 2.11. The fraction of sp³-hybridized carbons (Fsp3) is 0.467. The van der Waals surface area contributed by atoms with E-state index in [0.29, 0.717) is 6.61 Å². The molecule has 20 heavy (non-hydrogen) atoms.